The highest BCUT2D eigenvalue weighted by atomic mass is 14.0. The summed E-state index contributed by atoms with van der Waals surface area (Å²) >= 11 is 0. The lowest BCUT2D eigenvalue weighted by molar-refractivity contribution is 1.57. The zero-order valence-electron chi connectivity index (χ0n) is 11.1. The van der Waals surface area contributed by atoms with Crippen molar-refractivity contribution in [2.75, 3.05) is 0 Å². The molecular formula is C19H16. The van der Waals surface area contributed by atoms with Gasteiger partial charge in [0.15, 0.2) is 0 Å². The minimum Gasteiger partial charge on any atom is -0.0955 e. The molecule has 0 atom stereocenters. The van der Waals surface area contributed by atoms with Crippen molar-refractivity contribution >= 4 is 16.3 Å². The van der Waals surface area contributed by atoms with Crippen LogP contribution in [0, 0.1) is 0 Å². The molecule has 0 bridgehead atoms. The van der Waals surface area contributed by atoms with Crippen LogP contribution >= 0.6 is 0 Å². The molecule has 0 heterocycles. The molecule has 0 amide bonds. The Morgan fingerprint density at radius 3 is 2.05 bits per heavy atom. The third-order valence-electron chi connectivity index (χ3n) is 3.46. The van der Waals surface area contributed by atoms with E-state index in [9.17, 15) is 0 Å². The summed E-state index contributed by atoms with van der Waals surface area (Å²) in [7, 11) is 0. The third-order valence-corrected chi connectivity index (χ3v) is 3.46. The maximum atomic E-state index is 3.97. The van der Waals surface area contributed by atoms with Gasteiger partial charge in [0.1, 0.15) is 0 Å². The summed E-state index contributed by atoms with van der Waals surface area (Å²) in [6.45, 7) is 6.00. The molecular weight excluding hydrogens is 228 g/mol. The fraction of sp³-hybridized carbons (Fsp3) is 0.0526. The second kappa shape index (κ2) is 4.74. The predicted octanol–water partition coefficient (Wildman–Crippen LogP) is 5.54. The molecule has 0 aromatic heterocycles. The van der Waals surface area contributed by atoms with E-state index in [1.165, 1.54) is 27.5 Å². The Balaban J connectivity index is 2.06. The molecule has 3 aromatic carbocycles. The van der Waals surface area contributed by atoms with E-state index in [4.69, 9.17) is 0 Å². The summed E-state index contributed by atoms with van der Waals surface area (Å²) in [5.41, 5.74) is 4.80. The predicted molar refractivity (Wildman–Crippen MR) is 84.1 cm³/mol. The maximum Gasteiger partial charge on any atom is -0.0178 e. The second-order valence-electron chi connectivity index (χ2n) is 4.92. The number of rotatable bonds is 2. The average Bonchev–Trinajstić information content (AvgIpc) is 2.47. The molecule has 0 spiro atoms. The molecule has 0 nitrogen and oxygen atoms in total. The van der Waals surface area contributed by atoms with Gasteiger partial charge in [0, 0.05) is 0 Å². The van der Waals surface area contributed by atoms with Gasteiger partial charge in [-0.2, -0.15) is 0 Å². The van der Waals surface area contributed by atoms with Crippen LogP contribution in [0.2, 0.25) is 0 Å². The lowest BCUT2D eigenvalue weighted by atomic mass is 9.99. The summed E-state index contributed by atoms with van der Waals surface area (Å²) in [6.07, 6.45) is 0. The molecule has 0 unspecified atom stereocenters. The summed E-state index contributed by atoms with van der Waals surface area (Å²) < 4.78 is 0. The molecule has 92 valence electrons. The molecule has 3 aromatic rings. The third kappa shape index (κ3) is 2.30. The van der Waals surface area contributed by atoms with Crippen molar-refractivity contribution in [2.24, 2.45) is 0 Å². The van der Waals surface area contributed by atoms with E-state index in [2.05, 4.69) is 73.3 Å². The van der Waals surface area contributed by atoms with Gasteiger partial charge in [0.05, 0.1) is 0 Å². The Morgan fingerprint density at radius 1 is 0.737 bits per heavy atom. The smallest absolute Gasteiger partial charge is 0.0178 e. The van der Waals surface area contributed by atoms with Crippen LogP contribution in [-0.2, 0) is 0 Å². The lowest BCUT2D eigenvalue weighted by Gasteiger charge is -2.06. The van der Waals surface area contributed by atoms with Crippen LogP contribution in [0.15, 0.2) is 73.3 Å². The van der Waals surface area contributed by atoms with E-state index in [0.717, 1.165) is 5.57 Å². The molecule has 0 N–H and O–H groups in total. The van der Waals surface area contributed by atoms with Crippen molar-refractivity contribution in [3.05, 3.63) is 78.9 Å². The molecule has 0 saturated heterocycles. The number of hydrogen-bond donors (Lipinski definition) is 0. The normalized spacial score (nSPS) is 10.6. The van der Waals surface area contributed by atoms with Crippen molar-refractivity contribution in [1.29, 1.82) is 0 Å². The minimum atomic E-state index is 1.10. The molecule has 0 aliphatic heterocycles. The Kier molecular flexibility index (Phi) is 2.92. The van der Waals surface area contributed by atoms with Gasteiger partial charge >= 0.3 is 0 Å². The molecule has 0 fully saturated rings. The van der Waals surface area contributed by atoms with Crippen molar-refractivity contribution in [3.63, 3.8) is 0 Å². The highest BCUT2D eigenvalue weighted by Gasteiger charge is 2.00. The van der Waals surface area contributed by atoms with Crippen molar-refractivity contribution < 1.29 is 0 Å². The van der Waals surface area contributed by atoms with Crippen molar-refractivity contribution in [1.82, 2.24) is 0 Å². The molecule has 3 rings (SSSR count). The first-order valence-corrected chi connectivity index (χ1v) is 6.49. The molecule has 0 saturated carbocycles. The Bertz CT molecular complexity index is 733. The van der Waals surface area contributed by atoms with E-state index in [1.54, 1.807) is 0 Å². The fourth-order valence-corrected chi connectivity index (χ4v) is 2.32. The molecule has 19 heavy (non-hydrogen) atoms. The maximum absolute atomic E-state index is 3.97. The SMILES string of the molecule is C=C(C)c1ccc(-c2ccc3ccccc3c2)cc1. The summed E-state index contributed by atoms with van der Waals surface area (Å²) in [4.78, 5) is 0. The summed E-state index contributed by atoms with van der Waals surface area (Å²) in [5, 5.41) is 2.56. The topological polar surface area (TPSA) is 0 Å². The molecule has 0 aliphatic carbocycles. The van der Waals surface area contributed by atoms with Crippen LogP contribution in [0.4, 0.5) is 0 Å². The first kappa shape index (κ1) is 11.7. The van der Waals surface area contributed by atoms with E-state index < -0.39 is 0 Å². The van der Waals surface area contributed by atoms with Crippen LogP contribution in [-0.4, -0.2) is 0 Å². The van der Waals surface area contributed by atoms with Crippen LogP contribution in [0.1, 0.15) is 12.5 Å². The van der Waals surface area contributed by atoms with Gasteiger partial charge in [-0.3, -0.25) is 0 Å². The highest BCUT2D eigenvalue weighted by Crippen LogP contribution is 2.25. The number of fused-ring (bicyclic) bond motifs is 1. The monoisotopic (exact) mass is 244 g/mol. The van der Waals surface area contributed by atoms with E-state index in [0.29, 0.717) is 0 Å². The molecule has 0 heteroatoms. The largest absolute Gasteiger partial charge is 0.0955 e. The standard InChI is InChI=1S/C19H16/c1-14(2)15-7-9-17(10-8-15)19-12-11-16-5-3-4-6-18(16)13-19/h3-13H,1H2,2H3. The minimum absolute atomic E-state index is 1.10. The summed E-state index contributed by atoms with van der Waals surface area (Å²) in [5.74, 6) is 0. The zero-order valence-corrected chi connectivity index (χ0v) is 11.1. The van der Waals surface area contributed by atoms with Crippen LogP contribution in [0.25, 0.3) is 27.5 Å². The van der Waals surface area contributed by atoms with Gasteiger partial charge in [0.2, 0.25) is 0 Å². The van der Waals surface area contributed by atoms with Crippen LogP contribution in [0.3, 0.4) is 0 Å². The second-order valence-corrected chi connectivity index (χ2v) is 4.92. The van der Waals surface area contributed by atoms with E-state index >= 15 is 0 Å². The highest BCUT2D eigenvalue weighted by molar-refractivity contribution is 5.87. The lowest BCUT2D eigenvalue weighted by Crippen LogP contribution is -1.81. The Morgan fingerprint density at radius 2 is 1.37 bits per heavy atom. The van der Waals surface area contributed by atoms with Gasteiger partial charge < -0.3 is 0 Å². The van der Waals surface area contributed by atoms with Crippen LogP contribution < -0.4 is 0 Å². The van der Waals surface area contributed by atoms with Crippen molar-refractivity contribution in [2.45, 2.75) is 6.92 Å². The van der Waals surface area contributed by atoms with E-state index in [-0.39, 0.29) is 0 Å². The Labute approximate surface area is 114 Å². The first-order chi connectivity index (χ1) is 9.24. The van der Waals surface area contributed by atoms with Gasteiger partial charge in [-0.1, -0.05) is 72.8 Å². The van der Waals surface area contributed by atoms with Gasteiger partial charge in [-0.05, 0) is 40.5 Å². The average molecular weight is 244 g/mol. The van der Waals surface area contributed by atoms with Gasteiger partial charge in [0.25, 0.3) is 0 Å². The van der Waals surface area contributed by atoms with Crippen molar-refractivity contribution in [3.8, 4) is 11.1 Å². The molecule has 0 aliphatic rings. The Hall–Kier alpha value is -2.34. The first-order valence-electron chi connectivity index (χ1n) is 6.49. The molecule has 0 radical (unpaired) electrons. The number of allylic oxidation sites excluding steroid dienone is 1. The van der Waals surface area contributed by atoms with Crippen LogP contribution in [0.5, 0.6) is 0 Å². The zero-order chi connectivity index (χ0) is 13.2. The fourth-order valence-electron chi connectivity index (χ4n) is 2.32. The quantitative estimate of drug-likeness (QED) is 0.555. The number of hydrogen-bond acceptors (Lipinski definition) is 0. The summed E-state index contributed by atoms with van der Waals surface area (Å²) in [6, 6.07) is 23.6. The van der Waals surface area contributed by atoms with Gasteiger partial charge in [-0.15, -0.1) is 0 Å². The van der Waals surface area contributed by atoms with Gasteiger partial charge in [-0.25, -0.2) is 0 Å². The number of benzene rings is 3. The van der Waals surface area contributed by atoms with E-state index in [1.807, 2.05) is 6.92 Å².